The molecule has 0 fully saturated rings. The molecule has 0 atom stereocenters. The lowest BCUT2D eigenvalue weighted by Crippen LogP contribution is -2.16. The largest absolute Gasteiger partial charge is 0.507 e. The minimum Gasteiger partial charge on any atom is -0.507 e. The average molecular weight is 688 g/mol. The monoisotopic (exact) mass is 687 g/mol. The van der Waals surface area contributed by atoms with Crippen LogP contribution in [0.5, 0.6) is 5.75 Å². The molecule has 0 spiro atoms. The summed E-state index contributed by atoms with van der Waals surface area (Å²) in [5.74, 6) is 0.872. The molecule has 4 nitrogen and oxygen atoms in total. The van der Waals surface area contributed by atoms with Gasteiger partial charge in [-0.15, -0.1) is 0 Å². The maximum atomic E-state index is 11.3. The van der Waals surface area contributed by atoms with Crippen molar-refractivity contribution in [1.82, 2.24) is 14.5 Å². The predicted molar refractivity (Wildman–Crippen MR) is 219 cm³/mol. The summed E-state index contributed by atoms with van der Waals surface area (Å²) in [6.07, 6.45) is 1.94. The van der Waals surface area contributed by atoms with Crippen LogP contribution in [0.1, 0.15) is 51.3 Å². The summed E-state index contributed by atoms with van der Waals surface area (Å²) >= 11 is 0. The third kappa shape index (κ3) is 5.28. The quantitative estimate of drug-likeness (QED) is 0.196. The summed E-state index contributed by atoms with van der Waals surface area (Å²) < 4.78 is 2.22. The van der Waals surface area contributed by atoms with E-state index in [1.807, 2.05) is 24.4 Å². The smallest absolute Gasteiger partial charge is 0.149 e. The first-order valence-corrected chi connectivity index (χ1v) is 18.3. The Balaban J connectivity index is 1.27. The summed E-state index contributed by atoms with van der Waals surface area (Å²) in [6, 6.07) is 50.7. The fraction of sp³-hybridized carbons (Fsp3) is 0.143. The number of fused-ring (bicyclic) bond motifs is 4. The van der Waals surface area contributed by atoms with Crippen LogP contribution in [-0.2, 0) is 10.8 Å². The van der Waals surface area contributed by atoms with E-state index in [4.69, 9.17) is 9.97 Å². The standard InChI is InChI=1S/C49H41N3O/c1-48(2,3)34-25-26-41(39(30-34)31-15-7-6-8-16-31)52-42-23-14-21-35(46(42)51-47(52)38-20-10-12-24-43(38)53)32-17-13-18-33(29-32)45-44-37(27-28-50-45)36-19-9-11-22-40(36)49(44,4)5/h6-30,53H,1-5H3. The first-order valence-electron chi connectivity index (χ1n) is 18.3. The molecule has 0 saturated heterocycles. The number of pyridine rings is 1. The van der Waals surface area contributed by atoms with Gasteiger partial charge in [0.25, 0.3) is 0 Å². The van der Waals surface area contributed by atoms with Crippen LogP contribution in [0.4, 0.5) is 0 Å². The Labute approximate surface area is 311 Å². The molecule has 258 valence electrons. The molecule has 1 N–H and O–H groups in total. The lowest BCUT2D eigenvalue weighted by molar-refractivity contribution is 0.477. The van der Waals surface area contributed by atoms with E-state index in [0.717, 1.165) is 50.2 Å². The number of hydrogen-bond donors (Lipinski definition) is 1. The van der Waals surface area contributed by atoms with E-state index in [2.05, 4.69) is 161 Å². The lowest BCUT2D eigenvalue weighted by Gasteiger charge is -2.23. The van der Waals surface area contributed by atoms with Crippen LogP contribution < -0.4 is 0 Å². The van der Waals surface area contributed by atoms with E-state index >= 15 is 0 Å². The number of aromatic nitrogens is 3. The second-order valence-corrected chi connectivity index (χ2v) is 15.6. The van der Waals surface area contributed by atoms with Gasteiger partial charge in [0, 0.05) is 28.3 Å². The molecule has 0 aliphatic heterocycles. The second-order valence-electron chi connectivity index (χ2n) is 15.6. The van der Waals surface area contributed by atoms with Gasteiger partial charge in [-0.1, -0.05) is 138 Å². The number of nitrogens with zero attached hydrogens (tertiary/aromatic N) is 3. The molecule has 4 heteroatoms. The molecule has 1 aliphatic rings. The Bertz CT molecular complexity index is 2690. The highest BCUT2D eigenvalue weighted by Gasteiger charge is 2.38. The summed E-state index contributed by atoms with van der Waals surface area (Å²) in [5.41, 5.74) is 16.0. The molecule has 1 aliphatic carbocycles. The molecule has 2 aromatic heterocycles. The third-order valence-corrected chi connectivity index (χ3v) is 10.9. The van der Waals surface area contributed by atoms with Crippen LogP contribution >= 0.6 is 0 Å². The Morgan fingerprint density at radius 2 is 1.26 bits per heavy atom. The summed E-state index contributed by atoms with van der Waals surface area (Å²) in [6.45, 7) is 11.3. The van der Waals surface area contributed by atoms with Crippen molar-refractivity contribution < 1.29 is 5.11 Å². The van der Waals surface area contributed by atoms with Gasteiger partial charge in [-0.2, -0.15) is 0 Å². The van der Waals surface area contributed by atoms with Gasteiger partial charge < -0.3 is 5.11 Å². The van der Waals surface area contributed by atoms with Crippen LogP contribution in [-0.4, -0.2) is 19.6 Å². The topological polar surface area (TPSA) is 50.9 Å². The van der Waals surface area contributed by atoms with Crippen molar-refractivity contribution in [2.24, 2.45) is 0 Å². The van der Waals surface area contributed by atoms with Gasteiger partial charge in [0.15, 0.2) is 0 Å². The first kappa shape index (κ1) is 32.6. The van der Waals surface area contributed by atoms with Crippen LogP contribution in [0.25, 0.3) is 72.7 Å². The molecule has 6 aromatic carbocycles. The van der Waals surface area contributed by atoms with Crippen LogP contribution in [0.3, 0.4) is 0 Å². The van der Waals surface area contributed by atoms with Crippen LogP contribution in [0, 0.1) is 0 Å². The SMILES string of the molecule is CC(C)(C)c1ccc(-n2c(-c3ccccc3O)nc3c(-c4cccc(-c5nccc6c5C(C)(C)c5ccccc5-6)c4)cccc32)c(-c2ccccc2)c1. The van der Waals surface area contributed by atoms with Crippen molar-refractivity contribution in [1.29, 1.82) is 0 Å². The summed E-state index contributed by atoms with van der Waals surface area (Å²) in [7, 11) is 0. The number of phenolic OH excluding ortho intramolecular Hbond substituents is 1. The third-order valence-electron chi connectivity index (χ3n) is 10.9. The minimum absolute atomic E-state index is 0.0382. The minimum atomic E-state index is -0.185. The van der Waals surface area contributed by atoms with E-state index in [1.54, 1.807) is 6.07 Å². The van der Waals surface area contributed by atoms with Gasteiger partial charge in [0.05, 0.1) is 28.0 Å². The number of hydrogen-bond acceptors (Lipinski definition) is 3. The van der Waals surface area contributed by atoms with Gasteiger partial charge in [-0.3, -0.25) is 9.55 Å². The highest BCUT2D eigenvalue weighted by atomic mass is 16.3. The second kappa shape index (κ2) is 12.2. The molecule has 2 heterocycles. The van der Waals surface area contributed by atoms with Gasteiger partial charge >= 0.3 is 0 Å². The number of para-hydroxylation sites is 2. The Kier molecular flexibility index (Phi) is 7.49. The zero-order chi connectivity index (χ0) is 36.5. The van der Waals surface area contributed by atoms with Crippen molar-refractivity contribution in [3.05, 3.63) is 168 Å². The number of phenols is 1. The maximum Gasteiger partial charge on any atom is 0.149 e. The van der Waals surface area contributed by atoms with Gasteiger partial charge in [-0.25, -0.2) is 4.98 Å². The van der Waals surface area contributed by atoms with E-state index < -0.39 is 0 Å². The number of benzene rings is 6. The zero-order valence-electron chi connectivity index (χ0n) is 30.7. The predicted octanol–water partition coefficient (Wildman–Crippen LogP) is 12.4. The Hall–Kier alpha value is -6.26. The van der Waals surface area contributed by atoms with E-state index in [9.17, 15) is 5.11 Å². The average Bonchev–Trinajstić information content (AvgIpc) is 3.67. The normalized spacial score (nSPS) is 13.2. The molecule has 9 rings (SSSR count). The van der Waals surface area contributed by atoms with Crippen molar-refractivity contribution in [2.75, 3.05) is 0 Å². The number of imidazole rings is 1. The van der Waals surface area contributed by atoms with Gasteiger partial charge in [0.2, 0.25) is 0 Å². The molecule has 53 heavy (non-hydrogen) atoms. The van der Waals surface area contributed by atoms with Crippen molar-refractivity contribution >= 4 is 11.0 Å². The number of rotatable bonds is 5. The zero-order valence-corrected chi connectivity index (χ0v) is 30.7. The van der Waals surface area contributed by atoms with Crippen LogP contribution in [0.2, 0.25) is 0 Å². The number of aromatic hydroxyl groups is 1. The highest BCUT2D eigenvalue weighted by molar-refractivity contribution is 5.98. The Morgan fingerprint density at radius 1 is 0.585 bits per heavy atom. The molecular weight excluding hydrogens is 647 g/mol. The molecule has 0 unspecified atom stereocenters. The van der Waals surface area contributed by atoms with E-state index in [-0.39, 0.29) is 16.6 Å². The summed E-state index contributed by atoms with van der Waals surface area (Å²) in [4.78, 5) is 10.4. The van der Waals surface area contributed by atoms with Crippen molar-refractivity contribution in [3.8, 4) is 67.5 Å². The molecule has 0 amide bonds. The van der Waals surface area contributed by atoms with Crippen LogP contribution in [0.15, 0.2) is 152 Å². The first-order chi connectivity index (χ1) is 25.6. The summed E-state index contributed by atoms with van der Waals surface area (Å²) in [5, 5.41) is 11.3. The van der Waals surface area contributed by atoms with Crippen molar-refractivity contribution in [2.45, 2.75) is 45.4 Å². The fourth-order valence-corrected chi connectivity index (χ4v) is 8.24. The van der Waals surface area contributed by atoms with Gasteiger partial charge in [0.1, 0.15) is 11.6 Å². The fourth-order valence-electron chi connectivity index (χ4n) is 8.24. The highest BCUT2D eigenvalue weighted by Crippen LogP contribution is 2.51. The molecule has 0 bridgehead atoms. The lowest BCUT2D eigenvalue weighted by atomic mass is 9.80. The van der Waals surface area contributed by atoms with E-state index in [1.165, 1.54) is 27.8 Å². The van der Waals surface area contributed by atoms with Gasteiger partial charge in [-0.05, 0) is 86.8 Å². The molecule has 0 saturated carbocycles. The Morgan fingerprint density at radius 3 is 2.06 bits per heavy atom. The van der Waals surface area contributed by atoms with Crippen molar-refractivity contribution in [3.63, 3.8) is 0 Å². The molecular formula is C49H41N3O. The maximum absolute atomic E-state index is 11.3. The van der Waals surface area contributed by atoms with E-state index in [0.29, 0.717) is 11.4 Å². The molecule has 8 aromatic rings. The molecule has 0 radical (unpaired) electrons.